The molecule has 0 saturated carbocycles. The number of carbonyl (C=O) groups is 1. The number of aromatic nitrogens is 2. The molecule has 1 amide bonds. The zero-order chi connectivity index (χ0) is 20.2. The van der Waals surface area contributed by atoms with Crippen molar-refractivity contribution in [1.29, 1.82) is 0 Å². The summed E-state index contributed by atoms with van der Waals surface area (Å²) in [5.74, 6) is -0.142. The van der Waals surface area contributed by atoms with Crippen molar-refractivity contribution in [2.45, 2.75) is 32.4 Å². The monoisotopic (exact) mass is 408 g/mol. The van der Waals surface area contributed by atoms with Crippen molar-refractivity contribution in [2.75, 3.05) is 13.1 Å². The van der Waals surface area contributed by atoms with Crippen LogP contribution in [-0.2, 0) is 6.54 Å². The first kappa shape index (κ1) is 19.7. The number of halogens is 1. The van der Waals surface area contributed by atoms with Crippen molar-refractivity contribution < 1.29 is 4.79 Å². The molecule has 2 aromatic carbocycles. The zero-order valence-corrected chi connectivity index (χ0v) is 17.3. The third-order valence-electron chi connectivity index (χ3n) is 5.40. The van der Waals surface area contributed by atoms with Gasteiger partial charge < -0.3 is 5.32 Å². The second-order valence-electron chi connectivity index (χ2n) is 7.51. The maximum atomic E-state index is 12.9. The highest BCUT2D eigenvalue weighted by Gasteiger charge is 2.25. The molecule has 6 heteroatoms. The first-order chi connectivity index (χ1) is 14.1. The predicted octanol–water partition coefficient (Wildman–Crippen LogP) is 4.23. The van der Waals surface area contributed by atoms with Crippen molar-refractivity contribution in [3.63, 3.8) is 0 Å². The molecule has 0 spiro atoms. The van der Waals surface area contributed by atoms with Gasteiger partial charge in [-0.05, 0) is 37.5 Å². The lowest BCUT2D eigenvalue weighted by Gasteiger charge is -2.32. The number of para-hydroxylation sites is 1. The van der Waals surface area contributed by atoms with E-state index in [9.17, 15) is 4.79 Å². The van der Waals surface area contributed by atoms with Crippen LogP contribution in [0.5, 0.6) is 0 Å². The van der Waals surface area contributed by atoms with E-state index in [1.807, 2.05) is 43.3 Å². The number of amides is 1. The van der Waals surface area contributed by atoms with Gasteiger partial charge in [0.2, 0.25) is 0 Å². The average molecular weight is 409 g/mol. The molecule has 1 fully saturated rings. The fourth-order valence-corrected chi connectivity index (χ4v) is 4.19. The minimum atomic E-state index is -0.142. The summed E-state index contributed by atoms with van der Waals surface area (Å²) in [6.07, 6.45) is 1.87. The molecule has 150 valence electrons. The molecule has 29 heavy (non-hydrogen) atoms. The maximum absolute atomic E-state index is 12.9. The van der Waals surface area contributed by atoms with E-state index in [2.05, 4.69) is 39.6 Å². The summed E-state index contributed by atoms with van der Waals surface area (Å²) in [7, 11) is 0. The van der Waals surface area contributed by atoms with E-state index in [1.54, 1.807) is 4.68 Å². The first-order valence-corrected chi connectivity index (χ1v) is 10.4. The van der Waals surface area contributed by atoms with E-state index in [0.717, 1.165) is 38.2 Å². The smallest absolute Gasteiger partial charge is 0.256 e. The lowest BCUT2D eigenvalue weighted by atomic mass is 10.0. The quantitative estimate of drug-likeness (QED) is 0.687. The lowest BCUT2D eigenvalue weighted by Crippen LogP contribution is -2.44. The Kier molecular flexibility index (Phi) is 5.97. The third kappa shape index (κ3) is 4.52. The number of hydrogen-bond acceptors (Lipinski definition) is 3. The van der Waals surface area contributed by atoms with E-state index in [0.29, 0.717) is 16.4 Å². The summed E-state index contributed by atoms with van der Waals surface area (Å²) in [5, 5.41) is 7.99. The highest BCUT2D eigenvalue weighted by atomic mass is 35.5. The third-order valence-corrected chi connectivity index (χ3v) is 5.75. The van der Waals surface area contributed by atoms with Crippen molar-refractivity contribution in [3.8, 4) is 5.69 Å². The number of nitrogens with one attached hydrogen (secondary N) is 1. The van der Waals surface area contributed by atoms with Gasteiger partial charge in [0, 0.05) is 25.7 Å². The minimum Gasteiger partial charge on any atom is -0.349 e. The van der Waals surface area contributed by atoms with Crippen molar-refractivity contribution in [3.05, 3.63) is 82.6 Å². The molecule has 3 aromatic rings. The summed E-state index contributed by atoms with van der Waals surface area (Å²) in [6.45, 7) is 4.71. The van der Waals surface area contributed by atoms with E-state index in [4.69, 9.17) is 11.6 Å². The zero-order valence-electron chi connectivity index (χ0n) is 16.5. The summed E-state index contributed by atoms with van der Waals surface area (Å²) in [4.78, 5) is 15.3. The Morgan fingerprint density at radius 2 is 1.69 bits per heavy atom. The lowest BCUT2D eigenvalue weighted by molar-refractivity contribution is 0.0908. The van der Waals surface area contributed by atoms with E-state index >= 15 is 0 Å². The van der Waals surface area contributed by atoms with E-state index in [-0.39, 0.29) is 11.9 Å². The van der Waals surface area contributed by atoms with Crippen LogP contribution < -0.4 is 5.32 Å². The van der Waals surface area contributed by atoms with Crippen LogP contribution in [0.2, 0.25) is 5.15 Å². The Hall–Kier alpha value is -2.63. The Bertz CT molecular complexity index is 963. The van der Waals surface area contributed by atoms with Crippen LogP contribution in [-0.4, -0.2) is 39.7 Å². The Morgan fingerprint density at radius 3 is 2.34 bits per heavy atom. The van der Waals surface area contributed by atoms with Crippen molar-refractivity contribution in [2.24, 2.45) is 0 Å². The second kappa shape index (κ2) is 8.80. The van der Waals surface area contributed by atoms with E-state index in [1.165, 1.54) is 5.56 Å². The molecule has 5 nitrogen and oxygen atoms in total. The number of hydrogen-bond donors (Lipinski definition) is 1. The average Bonchev–Trinajstić information content (AvgIpc) is 3.05. The van der Waals surface area contributed by atoms with Gasteiger partial charge in [-0.15, -0.1) is 0 Å². The molecule has 2 heterocycles. The van der Waals surface area contributed by atoms with Gasteiger partial charge in [-0.1, -0.05) is 60.1 Å². The van der Waals surface area contributed by atoms with Crippen LogP contribution >= 0.6 is 11.6 Å². The molecule has 0 atom stereocenters. The van der Waals surface area contributed by atoms with Crippen LogP contribution in [0.3, 0.4) is 0 Å². The topological polar surface area (TPSA) is 50.2 Å². The van der Waals surface area contributed by atoms with Crippen molar-refractivity contribution in [1.82, 2.24) is 20.0 Å². The first-order valence-electron chi connectivity index (χ1n) is 9.99. The molecule has 1 aliphatic rings. The highest BCUT2D eigenvalue weighted by molar-refractivity contribution is 6.33. The fourth-order valence-electron chi connectivity index (χ4n) is 3.83. The van der Waals surface area contributed by atoms with Crippen LogP contribution in [0.1, 0.15) is 34.5 Å². The van der Waals surface area contributed by atoms with Gasteiger partial charge in [-0.25, -0.2) is 4.68 Å². The minimum absolute atomic E-state index is 0.142. The SMILES string of the molecule is Cc1nn(-c2ccccc2)c(Cl)c1C(=O)NC1CCN(Cc2ccccc2)CC1. The molecule has 1 N–H and O–H groups in total. The number of piperidine rings is 1. The number of nitrogens with zero attached hydrogens (tertiary/aromatic N) is 3. The van der Waals surface area contributed by atoms with Crippen LogP contribution in [0, 0.1) is 6.92 Å². The molecule has 0 bridgehead atoms. The molecule has 1 saturated heterocycles. The van der Waals surface area contributed by atoms with Gasteiger partial charge in [0.25, 0.3) is 5.91 Å². The summed E-state index contributed by atoms with van der Waals surface area (Å²) in [6, 6.07) is 20.3. The van der Waals surface area contributed by atoms with Gasteiger partial charge >= 0.3 is 0 Å². The van der Waals surface area contributed by atoms with Crippen LogP contribution in [0.4, 0.5) is 0 Å². The molecule has 0 radical (unpaired) electrons. The fraction of sp³-hybridized carbons (Fsp3) is 0.304. The van der Waals surface area contributed by atoms with Gasteiger partial charge in [0.15, 0.2) is 0 Å². The Labute approximate surface area is 176 Å². The number of aryl methyl sites for hydroxylation is 1. The van der Waals surface area contributed by atoms with Crippen LogP contribution in [0.15, 0.2) is 60.7 Å². The molecule has 0 aliphatic carbocycles. The highest BCUT2D eigenvalue weighted by Crippen LogP contribution is 2.24. The van der Waals surface area contributed by atoms with Gasteiger partial charge in [0.05, 0.1) is 16.9 Å². The number of carbonyl (C=O) groups excluding carboxylic acids is 1. The molecular formula is C23H25ClN4O. The molecule has 0 unspecified atom stereocenters. The molecule has 1 aliphatic heterocycles. The Morgan fingerprint density at radius 1 is 1.07 bits per heavy atom. The Balaban J connectivity index is 1.37. The maximum Gasteiger partial charge on any atom is 0.256 e. The van der Waals surface area contributed by atoms with E-state index < -0.39 is 0 Å². The second-order valence-corrected chi connectivity index (χ2v) is 7.87. The molecule has 4 rings (SSSR count). The number of likely N-dealkylation sites (tertiary alicyclic amines) is 1. The summed E-state index contributed by atoms with van der Waals surface area (Å²) >= 11 is 6.52. The van der Waals surface area contributed by atoms with Gasteiger partial charge in [-0.2, -0.15) is 5.10 Å². The van der Waals surface area contributed by atoms with Gasteiger partial charge in [-0.3, -0.25) is 9.69 Å². The predicted molar refractivity (Wildman–Crippen MR) is 116 cm³/mol. The van der Waals surface area contributed by atoms with Gasteiger partial charge in [0.1, 0.15) is 5.15 Å². The van der Waals surface area contributed by atoms with Crippen LogP contribution in [0.25, 0.3) is 5.69 Å². The summed E-state index contributed by atoms with van der Waals surface area (Å²) in [5.41, 5.74) is 3.26. The standard InChI is InChI=1S/C23H25ClN4O/c1-17-21(22(24)28(26-17)20-10-6-3-7-11-20)23(29)25-19-12-14-27(15-13-19)16-18-8-4-2-5-9-18/h2-11,19H,12-16H2,1H3,(H,25,29). The number of benzene rings is 2. The number of rotatable bonds is 5. The molecular weight excluding hydrogens is 384 g/mol. The molecule has 1 aromatic heterocycles. The summed E-state index contributed by atoms with van der Waals surface area (Å²) < 4.78 is 1.62. The largest absolute Gasteiger partial charge is 0.349 e. The van der Waals surface area contributed by atoms with Crippen molar-refractivity contribution >= 4 is 17.5 Å². The normalized spacial score (nSPS) is 15.4.